The molecular weight excluding hydrogens is 677 g/mol. The lowest BCUT2D eigenvalue weighted by molar-refractivity contribution is -0.163. The van der Waals surface area contributed by atoms with Crippen molar-refractivity contribution in [2.24, 2.45) is 59.2 Å². The molecule has 4 aliphatic rings. The van der Waals surface area contributed by atoms with Gasteiger partial charge in [-0.2, -0.15) is 0 Å². The highest BCUT2D eigenvalue weighted by molar-refractivity contribution is 5.84. The van der Waals surface area contributed by atoms with Gasteiger partial charge in [0.25, 0.3) is 0 Å². The summed E-state index contributed by atoms with van der Waals surface area (Å²) in [5.74, 6) is 2.06. The molecule has 0 amide bonds. The fourth-order valence-corrected chi connectivity index (χ4v) is 9.57. The molecule has 0 saturated heterocycles. The lowest BCUT2D eigenvalue weighted by atomic mass is 9.78. The van der Waals surface area contributed by atoms with Crippen molar-refractivity contribution < 1.29 is 33.3 Å². The average Bonchev–Trinajstić information content (AvgIpc) is 4.00. The Labute approximate surface area is 330 Å². The van der Waals surface area contributed by atoms with Crippen molar-refractivity contribution in [3.8, 4) is 0 Å². The number of allylic oxidation sites excluding steroid dienone is 3. The number of ether oxygens (including phenoxy) is 4. The third kappa shape index (κ3) is 14.0. The van der Waals surface area contributed by atoms with Gasteiger partial charge in [0.1, 0.15) is 0 Å². The van der Waals surface area contributed by atoms with Crippen LogP contribution in [0.3, 0.4) is 0 Å². The average molecular weight is 757 g/mol. The van der Waals surface area contributed by atoms with Crippen molar-refractivity contribution in [1.82, 2.24) is 0 Å². The summed E-state index contributed by atoms with van der Waals surface area (Å²) in [4.78, 5) is 38.5. The van der Waals surface area contributed by atoms with Gasteiger partial charge in [0.05, 0.1) is 49.9 Å². The first kappa shape index (κ1) is 46.1. The highest BCUT2D eigenvalue weighted by Crippen LogP contribution is 2.55. The third-order valence-electron chi connectivity index (χ3n) is 13.1. The minimum Gasteiger partial charge on any atom is -0.498 e. The van der Waals surface area contributed by atoms with E-state index in [4.69, 9.17) is 18.9 Å². The van der Waals surface area contributed by atoms with Crippen molar-refractivity contribution in [2.45, 2.75) is 170 Å². The maximum Gasteiger partial charge on any atom is 0.310 e. The number of carbonyl (C=O) groups is 3. The van der Waals surface area contributed by atoms with Crippen LogP contribution in [0.1, 0.15) is 170 Å². The number of unbranched alkanes of at least 4 members (excludes halogenated alkanes) is 8. The minimum atomic E-state index is -0.364. The monoisotopic (exact) mass is 757 g/mol. The minimum absolute atomic E-state index is 0.00410. The van der Waals surface area contributed by atoms with Crippen molar-refractivity contribution >= 4 is 17.9 Å². The topological polar surface area (TPSA) is 88.1 Å². The normalized spacial score (nSPS) is 27.2. The standard InChI is InChI=1S/C25H42O4.C22H38O3/c1-5-9-11-18(7-3)16-28-24(26)22-20-13-14-21(15-20)23(22)25(27)29-17-19(8-4)12-10-6-2;1-4-6-8-10-14-24-17(3)20-18-12-13-19(16-18)21(20)22(23)25-15-11-9-7-5-2/h13-14,18-23H,5-12,15-17H2,1-4H3;18-21H,3-16H2,1-2H3/t18?,19?,20-,21+,22-,23+;18-,19+,20-,21+/m.1/s1. The Morgan fingerprint density at radius 3 is 1.44 bits per heavy atom. The molecule has 0 aromatic carbocycles. The molecule has 310 valence electrons. The van der Waals surface area contributed by atoms with E-state index in [9.17, 15) is 14.4 Å². The van der Waals surface area contributed by atoms with Crippen LogP contribution < -0.4 is 0 Å². The molecule has 0 heterocycles. The predicted molar refractivity (Wildman–Crippen MR) is 218 cm³/mol. The second-order valence-corrected chi connectivity index (χ2v) is 17.1. The number of esters is 3. The second kappa shape index (κ2) is 25.8. The maximum atomic E-state index is 12.9. The van der Waals surface area contributed by atoms with E-state index >= 15 is 0 Å². The molecule has 7 nitrogen and oxygen atoms in total. The fourth-order valence-electron chi connectivity index (χ4n) is 9.57. The molecule has 2 unspecified atom stereocenters. The van der Waals surface area contributed by atoms with Crippen molar-refractivity contribution in [1.29, 1.82) is 0 Å². The Balaban J connectivity index is 0.000000294. The van der Waals surface area contributed by atoms with Crippen molar-refractivity contribution in [3.05, 3.63) is 24.5 Å². The Bertz CT molecular complexity index is 1050. The molecule has 4 rings (SSSR count). The van der Waals surface area contributed by atoms with E-state index in [1.54, 1.807) is 0 Å². The van der Waals surface area contributed by atoms with Crippen LogP contribution in [-0.2, 0) is 33.3 Å². The van der Waals surface area contributed by atoms with Gasteiger partial charge < -0.3 is 18.9 Å². The summed E-state index contributed by atoms with van der Waals surface area (Å²) < 4.78 is 23.0. The van der Waals surface area contributed by atoms with E-state index in [1.807, 2.05) is 0 Å². The van der Waals surface area contributed by atoms with Gasteiger partial charge in [-0.3, -0.25) is 14.4 Å². The van der Waals surface area contributed by atoms with Gasteiger partial charge in [-0.1, -0.05) is 137 Å². The van der Waals surface area contributed by atoms with E-state index in [1.165, 1.54) is 57.8 Å². The summed E-state index contributed by atoms with van der Waals surface area (Å²) in [6, 6.07) is 0. The number of rotatable bonds is 27. The molecule has 3 fully saturated rings. The van der Waals surface area contributed by atoms with Crippen LogP contribution >= 0.6 is 0 Å². The van der Waals surface area contributed by atoms with Gasteiger partial charge in [0, 0.05) is 5.92 Å². The summed E-state index contributed by atoms with van der Waals surface area (Å²) in [6.45, 7) is 19.5. The number of fused-ring (bicyclic) bond motifs is 4. The lowest BCUT2D eigenvalue weighted by Crippen LogP contribution is -2.36. The van der Waals surface area contributed by atoms with Crippen LogP contribution in [-0.4, -0.2) is 44.3 Å². The van der Waals surface area contributed by atoms with E-state index in [-0.39, 0.29) is 53.4 Å². The molecule has 4 bridgehead atoms. The van der Waals surface area contributed by atoms with E-state index in [2.05, 4.69) is 60.3 Å². The van der Waals surface area contributed by atoms with Crippen LogP contribution in [0.15, 0.2) is 24.5 Å². The second-order valence-electron chi connectivity index (χ2n) is 17.1. The summed E-state index contributed by atoms with van der Waals surface area (Å²) in [5, 5.41) is 0. The van der Waals surface area contributed by atoms with Gasteiger partial charge in [0.15, 0.2) is 0 Å². The van der Waals surface area contributed by atoms with E-state index < -0.39 is 0 Å². The summed E-state index contributed by atoms with van der Waals surface area (Å²) >= 11 is 0. The number of hydrogen-bond donors (Lipinski definition) is 0. The zero-order valence-electron chi connectivity index (χ0n) is 35.5. The molecule has 0 N–H and O–H groups in total. The summed E-state index contributed by atoms with van der Waals surface area (Å²) in [7, 11) is 0. The van der Waals surface area contributed by atoms with Gasteiger partial charge >= 0.3 is 17.9 Å². The van der Waals surface area contributed by atoms with E-state index in [0.717, 1.165) is 83.0 Å². The van der Waals surface area contributed by atoms with Gasteiger partial charge in [-0.15, -0.1) is 0 Å². The first-order valence-corrected chi connectivity index (χ1v) is 22.7. The summed E-state index contributed by atoms with van der Waals surface area (Å²) in [6.07, 6.45) is 26.8. The lowest BCUT2D eigenvalue weighted by Gasteiger charge is -2.30. The van der Waals surface area contributed by atoms with Crippen LogP contribution in [0, 0.1) is 59.2 Å². The quantitative estimate of drug-likeness (QED) is 0.0271. The predicted octanol–water partition coefficient (Wildman–Crippen LogP) is 11.8. The van der Waals surface area contributed by atoms with Crippen LogP contribution in [0.5, 0.6) is 0 Å². The Kier molecular flexibility index (Phi) is 22.0. The van der Waals surface area contributed by atoms with Crippen molar-refractivity contribution in [2.75, 3.05) is 26.4 Å². The number of hydrogen-bond acceptors (Lipinski definition) is 7. The molecule has 0 aliphatic heterocycles. The zero-order chi connectivity index (χ0) is 39.3. The molecule has 54 heavy (non-hydrogen) atoms. The van der Waals surface area contributed by atoms with Gasteiger partial charge in [-0.25, -0.2) is 0 Å². The zero-order valence-corrected chi connectivity index (χ0v) is 35.5. The molecule has 10 atom stereocenters. The largest absolute Gasteiger partial charge is 0.498 e. The molecule has 0 spiro atoms. The Morgan fingerprint density at radius 2 is 0.981 bits per heavy atom. The molecule has 3 saturated carbocycles. The van der Waals surface area contributed by atoms with Crippen LogP contribution in [0.4, 0.5) is 0 Å². The first-order valence-electron chi connectivity index (χ1n) is 22.7. The molecule has 0 aromatic heterocycles. The Morgan fingerprint density at radius 1 is 0.537 bits per heavy atom. The highest BCUT2D eigenvalue weighted by atomic mass is 16.5. The van der Waals surface area contributed by atoms with E-state index in [0.29, 0.717) is 43.5 Å². The molecule has 0 aromatic rings. The smallest absolute Gasteiger partial charge is 0.310 e. The van der Waals surface area contributed by atoms with Crippen LogP contribution in [0.2, 0.25) is 0 Å². The maximum absolute atomic E-state index is 12.9. The van der Waals surface area contributed by atoms with Gasteiger partial charge in [0.2, 0.25) is 0 Å². The van der Waals surface area contributed by atoms with Gasteiger partial charge in [-0.05, 0) is 86.9 Å². The first-order chi connectivity index (χ1) is 26.2. The molecule has 7 heteroatoms. The summed E-state index contributed by atoms with van der Waals surface area (Å²) in [5.41, 5.74) is 0. The fraction of sp³-hybridized carbons (Fsp3) is 0.851. The molecule has 4 aliphatic carbocycles. The molecular formula is C47H80O7. The number of carbonyl (C=O) groups excluding carboxylic acids is 3. The molecule has 0 radical (unpaired) electrons. The Hall–Kier alpha value is -2.31. The third-order valence-corrected chi connectivity index (χ3v) is 13.1. The van der Waals surface area contributed by atoms with Crippen LogP contribution in [0.25, 0.3) is 0 Å². The highest BCUT2D eigenvalue weighted by Gasteiger charge is 2.54. The SMILES string of the molecule is C=C(OCCCCCC)[C@@H]1[C@@H]2CC[C@@H](C2)[C@@H]1C(=O)OCCCCCC.CCCCC(CC)COC(=O)[C@@H]1[C@H](C(=O)OCC(CC)CCCC)[C@@H]2C=C[C@H]1C2. The van der Waals surface area contributed by atoms with Crippen molar-refractivity contribution in [3.63, 3.8) is 0 Å².